The number of benzene rings is 1. The lowest BCUT2D eigenvalue weighted by molar-refractivity contribution is 0.312. The summed E-state index contributed by atoms with van der Waals surface area (Å²) in [5, 5.41) is 3.11. The van der Waals surface area contributed by atoms with Crippen molar-refractivity contribution in [3.63, 3.8) is 0 Å². The fourth-order valence-electron chi connectivity index (χ4n) is 1.98. The molecule has 0 amide bonds. The maximum Gasteiger partial charge on any atom is 0.153 e. The van der Waals surface area contributed by atoms with E-state index in [4.69, 9.17) is 14.9 Å². The number of nitrogen functional groups attached to an aromatic ring is 1. The van der Waals surface area contributed by atoms with Gasteiger partial charge in [0, 0.05) is 11.8 Å². The smallest absolute Gasteiger partial charge is 0.153 e. The Morgan fingerprint density at radius 2 is 2.10 bits per heavy atom. The first-order chi connectivity index (χ1) is 10.3. The van der Waals surface area contributed by atoms with Gasteiger partial charge in [-0.25, -0.2) is 4.98 Å². The molecule has 0 atom stereocenters. The number of thiazole rings is 1. The number of aryl methyl sites for hydroxylation is 1. The summed E-state index contributed by atoms with van der Waals surface area (Å²) in [6.07, 6.45) is 3.45. The van der Waals surface area contributed by atoms with E-state index in [-0.39, 0.29) is 0 Å². The van der Waals surface area contributed by atoms with Crippen molar-refractivity contribution in [3.05, 3.63) is 53.0 Å². The maximum atomic E-state index is 5.83. The van der Waals surface area contributed by atoms with Gasteiger partial charge in [-0.05, 0) is 30.7 Å². The number of rotatable bonds is 6. The molecular weight excluding hydrogens is 284 g/mol. The fraction of sp³-hybridized carbons (Fsp3) is 0.188. The van der Waals surface area contributed by atoms with Gasteiger partial charge in [-0.2, -0.15) is 0 Å². The van der Waals surface area contributed by atoms with Crippen LogP contribution in [0, 0.1) is 0 Å². The predicted octanol–water partition coefficient (Wildman–Crippen LogP) is 4.00. The molecule has 3 aromatic rings. The highest BCUT2D eigenvalue weighted by Crippen LogP contribution is 2.23. The third-order valence-corrected chi connectivity index (χ3v) is 3.95. The molecule has 2 N–H and O–H groups in total. The van der Waals surface area contributed by atoms with Crippen LogP contribution in [0.25, 0.3) is 11.5 Å². The van der Waals surface area contributed by atoms with Gasteiger partial charge in [0.2, 0.25) is 0 Å². The Morgan fingerprint density at radius 1 is 1.19 bits per heavy atom. The number of aromatic nitrogens is 1. The minimum absolute atomic E-state index is 0.629. The van der Waals surface area contributed by atoms with Gasteiger partial charge in [-0.1, -0.05) is 12.1 Å². The van der Waals surface area contributed by atoms with Crippen molar-refractivity contribution < 1.29 is 9.15 Å². The second-order valence-electron chi connectivity index (χ2n) is 4.59. The summed E-state index contributed by atoms with van der Waals surface area (Å²) in [6.45, 7) is 0.629. The molecule has 4 nitrogen and oxygen atoms in total. The molecule has 0 unspecified atom stereocenters. The lowest BCUT2D eigenvalue weighted by atomic mass is 10.3. The summed E-state index contributed by atoms with van der Waals surface area (Å²) in [7, 11) is 0. The Balaban J connectivity index is 1.49. The molecule has 0 saturated heterocycles. The quantitative estimate of drug-likeness (QED) is 0.552. The SMILES string of the molecule is Nc1ccccc1OCCCc1nc(-c2ccco2)cs1. The van der Waals surface area contributed by atoms with Crippen molar-refractivity contribution in [2.24, 2.45) is 0 Å². The van der Waals surface area contributed by atoms with Gasteiger partial charge >= 0.3 is 0 Å². The number of hydrogen-bond donors (Lipinski definition) is 1. The second-order valence-corrected chi connectivity index (χ2v) is 5.54. The number of nitrogens with zero attached hydrogens (tertiary/aromatic N) is 1. The molecule has 2 heterocycles. The largest absolute Gasteiger partial charge is 0.491 e. The molecule has 0 aliphatic carbocycles. The first kappa shape index (κ1) is 13.7. The normalized spacial score (nSPS) is 10.7. The van der Waals surface area contributed by atoms with Crippen molar-refractivity contribution in [3.8, 4) is 17.2 Å². The summed E-state index contributed by atoms with van der Waals surface area (Å²) in [5.74, 6) is 1.55. The monoisotopic (exact) mass is 300 g/mol. The summed E-state index contributed by atoms with van der Waals surface area (Å²) in [6, 6.07) is 11.3. The minimum Gasteiger partial charge on any atom is -0.491 e. The fourth-order valence-corrected chi connectivity index (χ4v) is 2.81. The molecule has 2 aromatic heterocycles. The molecule has 0 aliphatic heterocycles. The third-order valence-electron chi connectivity index (χ3n) is 3.04. The van der Waals surface area contributed by atoms with Crippen molar-refractivity contribution in [1.82, 2.24) is 4.98 Å². The molecule has 0 aliphatic rings. The molecular formula is C16H16N2O2S. The van der Waals surface area contributed by atoms with Crippen LogP contribution in [-0.4, -0.2) is 11.6 Å². The zero-order chi connectivity index (χ0) is 14.5. The van der Waals surface area contributed by atoms with Crippen LogP contribution in [0.3, 0.4) is 0 Å². The van der Waals surface area contributed by atoms with Crippen molar-refractivity contribution in [1.29, 1.82) is 0 Å². The third kappa shape index (κ3) is 3.44. The molecule has 3 rings (SSSR count). The van der Waals surface area contributed by atoms with E-state index in [2.05, 4.69) is 4.98 Å². The lowest BCUT2D eigenvalue weighted by Crippen LogP contribution is -2.01. The first-order valence-corrected chi connectivity index (χ1v) is 7.66. The number of ether oxygens (including phenoxy) is 1. The highest BCUT2D eigenvalue weighted by atomic mass is 32.1. The van der Waals surface area contributed by atoms with Gasteiger partial charge in [-0.15, -0.1) is 11.3 Å². The van der Waals surface area contributed by atoms with Crippen LogP contribution in [0.4, 0.5) is 5.69 Å². The summed E-state index contributed by atoms with van der Waals surface area (Å²) >= 11 is 1.65. The predicted molar refractivity (Wildman–Crippen MR) is 84.5 cm³/mol. The zero-order valence-electron chi connectivity index (χ0n) is 11.5. The zero-order valence-corrected chi connectivity index (χ0v) is 12.3. The average molecular weight is 300 g/mol. The van der Waals surface area contributed by atoms with Crippen molar-refractivity contribution in [2.75, 3.05) is 12.3 Å². The van der Waals surface area contributed by atoms with Crippen LogP contribution >= 0.6 is 11.3 Å². The molecule has 5 heteroatoms. The molecule has 0 spiro atoms. The number of nitrogens with two attached hydrogens (primary N) is 1. The van der Waals surface area contributed by atoms with E-state index >= 15 is 0 Å². The van der Waals surface area contributed by atoms with Gasteiger partial charge in [-0.3, -0.25) is 0 Å². The van der Waals surface area contributed by atoms with Gasteiger partial charge in [0.1, 0.15) is 11.4 Å². The first-order valence-electron chi connectivity index (χ1n) is 6.78. The second kappa shape index (κ2) is 6.45. The molecule has 0 fully saturated rings. The Morgan fingerprint density at radius 3 is 2.90 bits per heavy atom. The highest BCUT2D eigenvalue weighted by molar-refractivity contribution is 7.09. The van der Waals surface area contributed by atoms with Crippen LogP contribution in [0.5, 0.6) is 5.75 Å². The number of para-hydroxylation sites is 2. The van der Waals surface area contributed by atoms with Crippen LogP contribution in [-0.2, 0) is 6.42 Å². The van der Waals surface area contributed by atoms with Crippen LogP contribution in [0.1, 0.15) is 11.4 Å². The van der Waals surface area contributed by atoms with Crippen LogP contribution < -0.4 is 10.5 Å². The Labute approximate surface area is 127 Å². The standard InChI is InChI=1S/C16H16N2O2S/c17-12-5-1-2-6-14(12)19-10-4-8-16-18-13(11-21-16)15-7-3-9-20-15/h1-3,5-7,9,11H,4,8,10,17H2. The van der Waals surface area contributed by atoms with Gasteiger partial charge in [0.05, 0.1) is 23.6 Å². The molecule has 108 valence electrons. The molecule has 0 radical (unpaired) electrons. The number of anilines is 1. The lowest BCUT2D eigenvalue weighted by Gasteiger charge is -2.07. The van der Waals surface area contributed by atoms with Gasteiger partial charge < -0.3 is 14.9 Å². The molecule has 1 aromatic carbocycles. The van der Waals surface area contributed by atoms with Crippen molar-refractivity contribution >= 4 is 17.0 Å². The topological polar surface area (TPSA) is 61.3 Å². The van der Waals surface area contributed by atoms with E-state index in [0.29, 0.717) is 12.3 Å². The summed E-state index contributed by atoms with van der Waals surface area (Å²) < 4.78 is 11.0. The Kier molecular flexibility index (Phi) is 4.21. The van der Waals surface area contributed by atoms with E-state index in [1.54, 1.807) is 17.6 Å². The Bertz CT molecular complexity index is 692. The van der Waals surface area contributed by atoms with E-state index < -0.39 is 0 Å². The van der Waals surface area contributed by atoms with Gasteiger partial charge in [0.25, 0.3) is 0 Å². The molecule has 0 saturated carbocycles. The minimum atomic E-state index is 0.629. The van der Waals surface area contributed by atoms with Gasteiger partial charge in [0.15, 0.2) is 5.76 Å². The van der Waals surface area contributed by atoms with E-state index in [0.717, 1.165) is 35.1 Å². The van der Waals surface area contributed by atoms with Crippen LogP contribution in [0.2, 0.25) is 0 Å². The average Bonchev–Trinajstić information content (AvgIpc) is 3.16. The van der Waals surface area contributed by atoms with E-state index in [1.807, 2.05) is 41.8 Å². The maximum absolute atomic E-state index is 5.83. The van der Waals surface area contributed by atoms with E-state index in [9.17, 15) is 0 Å². The molecule has 21 heavy (non-hydrogen) atoms. The number of furan rings is 1. The Hall–Kier alpha value is -2.27. The van der Waals surface area contributed by atoms with Crippen LogP contribution in [0.15, 0.2) is 52.5 Å². The van der Waals surface area contributed by atoms with Crippen molar-refractivity contribution in [2.45, 2.75) is 12.8 Å². The highest BCUT2D eigenvalue weighted by Gasteiger charge is 2.06. The molecule has 0 bridgehead atoms. The van der Waals surface area contributed by atoms with E-state index in [1.165, 1.54) is 0 Å². The summed E-state index contributed by atoms with van der Waals surface area (Å²) in [4.78, 5) is 4.56. The number of hydrogen-bond acceptors (Lipinski definition) is 5. The summed E-state index contributed by atoms with van der Waals surface area (Å²) in [5.41, 5.74) is 7.40.